The molecule has 0 aromatic carbocycles. The molecule has 1 rings (SSSR count). The summed E-state index contributed by atoms with van der Waals surface area (Å²) in [6.45, 7) is 5.67. The zero-order chi connectivity index (χ0) is 9.52. The van der Waals surface area contributed by atoms with E-state index >= 15 is 0 Å². The first-order valence-electron chi connectivity index (χ1n) is 5.51. The first kappa shape index (κ1) is 13.2. The van der Waals surface area contributed by atoms with E-state index in [1.165, 1.54) is 44.2 Å². The van der Waals surface area contributed by atoms with Gasteiger partial charge < -0.3 is 4.57 Å². The maximum Gasteiger partial charge on any atom is 0.0219 e. The maximum absolute atomic E-state index is 2.32. The second kappa shape index (κ2) is 7.60. The molecule has 0 spiro atoms. The van der Waals surface area contributed by atoms with Gasteiger partial charge in [-0.1, -0.05) is 33.1 Å². The van der Waals surface area contributed by atoms with Crippen LogP contribution in [0, 0.1) is 0 Å². The van der Waals surface area contributed by atoms with Crippen LogP contribution in [0.5, 0.6) is 0 Å². The Morgan fingerprint density at radius 3 is 2.57 bits per heavy atom. The summed E-state index contributed by atoms with van der Waals surface area (Å²) in [6, 6.07) is 2.25. The van der Waals surface area contributed by atoms with E-state index in [0.717, 1.165) is 0 Å². The lowest BCUT2D eigenvalue weighted by molar-refractivity contribution is 0.603. The fraction of sp³-hybridized carbons (Fsp3) is 0.667. The van der Waals surface area contributed by atoms with Gasteiger partial charge in [0.15, 0.2) is 0 Å². The van der Waals surface area contributed by atoms with Crippen LogP contribution in [-0.4, -0.2) is 4.57 Å². The number of hydrogen-bond donors (Lipinski definition) is 0. The SMILES string of the molecule is CCCCCn1ccc(CCC)c1.F. The molecule has 0 atom stereocenters. The van der Waals surface area contributed by atoms with Crippen molar-refractivity contribution in [1.82, 2.24) is 4.57 Å². The molecule has 2 heteroatoms. The van der Waals surface area contributed by atoms with E-state index in [1.54, 1.807) is 0 Å². The van der Waals surface area contributed by atoms with Crippen molar-refractivity contribution in [3.8, 4) is 0 Å². The summed E-state index contributed by atoms with van der Waals surface area (Å²) in [5.74, 6) is 0. The third-order valence-electron chi connectivity index (χ3n) is 2.37. The lowest BCUT2D eigenvalue weighted by atomic mass is 10.2. The van der Waals surface area contributed by atoms with Gasteiger partial charge >= 0.3 is 0 Å². The lowest BCUT2D eigenvalue weighted by Crippen LogP contribution is -1.93. The van der Waals surface area contributed by atoms with Crippen molar-refractivity contribution in [1.29, 1.82) is 0 Å². The average molecular weight is 199 g/mol. The standard InChI is InChI=1S/C12H21N.FH/c1-3-5-6-9-13-10-8-12(11-13)7-4-2;/h8,10-11H,3-7,9H2,1-2H3;1H. The fourth-order valence-corrected chi connectivity index (χ4v) is 1.61. The Kier molecular flexibility index (Phi) is 7.17. The lowest BCUT2D eigenvalue weighted by Gasteiger charge is -2.00. The van der Waals surface area contributed by atoms with Crippen LogP contribution < -0.4 is 0 Å². The Hall–Kier alpha value is -0.790. The maximum atomic E-state index is 2.32. The highest BCUT2D eigenvalue weighted by Gasteiger charge is 1.94. The molecule has 1 aromatic heterocycles. The van der Waals surface area contributed by atoms with Crippen molar-refractivity contribution in [3.05, 3.63) is 24.0 Å². The largest absolute Gasteiger partial charge is 0.354 e. The topological polar surface area (TPSA) is 4.93 Å². The minimum atomic E-state index is 0. The molecule has 0 radical (unpaired) electrons. The van der Waals surface area contributed by atoms with Crippen LogP contribution in [0.1, 0.15) is 45.1 Å². The second-order valence-electron chi connectivity index (χ2n) is 3.71. The van der Waals surface area contributed by atoms with Crippen molar-refractivity contribution in [2.45, 2.75) is 52.5 Å². The quantitative estimate of drug-likeness (QED) is 0.614. The first-order valence-corrected chi connectivity index (χ1v) is 5.51. The summed E-state index contributed by atoms with van der Waals surface area (Å²) in [6.07, 6.45) is 10.9. The van der Waals surface area contributed by atoms with Crippen LogP contribution in [0.4, 0.5) is 4.70 Å². The molecule has 1 heterocycles. The third kappa shape index (κ3) is 4.45. The van der Waals surface area contributed by atoms with Crippen molar-refractivity contribution >= 4 is 0 Å². The Morgan fingerprint density at radius 2 is 1.93 bits per heavy atom. The highest BCUT2D eigenvalue weighted by atomic mass is 19.0. The summed E-state index contributed by atoms with van der Waals surface area (Å²) in [7, 11) is 0. The number of aromatic nitrogens is 1. The molecule has 0 bridgehead atoms. The fourth-order valence-electron chi connectivity index (χ4n) is 1.61. The summed E-state index contributed by atoms with van der Waals surface area (Å²) in [4.78, 5) is 0. The van der Waals surface area contributed by atoms with Crippen LogP contribution in [0.2, 0.25) is 0 Å². The Morgan fingerprint density at radius 1 is 1.14 bits per heavy atom. The summed E-state index contributed by atoms with van der Waals surface area (Å²) in [5.41, 5.74) is 1.49. The Bertz CT molecular complexity index is 230. The monoisotopic (exact) mass is 199 g/mol. The van der Waals surface area contributed by atoms with Crippen molar-refractivity contribution < 1.29 is 4.70 Å². The highest BCUT2D eigenvalue weighted by molar-refractivity contribution is 5.10. The molecular weight excluding hydrogens is 177 g/mol. The highest BCUT2D eigenvalue weighted by Crippen LogP contribution is 2.06. The van der Waals surface area contributed by atoms with Gasteiger partial charge in [0, 0.05) is 18.9 Å². The third-order valence-corrected chi connectivity index (χ3v) is 2.37. The van der Waals surface area contributed by atoms with Crippen molar-refractivity contribution in [2.75, 3.05) is 0 Å². The zero-order valence-electron chi connectivity index (χ0n) is 9.33. The van der Waals surface area contributed by atoms with Gasteiger partial charge in [0.1, 0.15) is 0 Å². The van der Waals surface area contributed by atoms with E-state index in [4.69, 9.17) is 0 Å². The van der Waals surface area contributed by atoms with Crippen LogP contribution in [0.3, 0.4) is 0 Å². The van der Waals surface area contributed by atoms with Crippen LogP contribution in [0.15, 0.2) is 18.5 Å². The minimum Gasteiger partial charge on any atom is -0.354 e. The number of nitrogens with zero attached hydrogens (tertiary/aromatic N) is 1. The molecule has 1 nitrogen and oxygen atoms in total. The number of rotatable bonds is 6. The van der Waals surface area contributed by atoms with E-state index in [9.17, 15) is 0 Å². The second-order valence-corrected chi connectivity index (χ2v) is 3.71. The molecule has 0 saturated heterocycles. The van der Waals surface area contributed by atoms with E-state index in [2.05, 4.69) is 36.9 Å². The van der Waals surface area contributed by atoms with E-state index in [-0.39, 0.29) is 4.70 Å². The number of aryl methyl sites for hydroxylation is 2. The van der Waals surface area contributed by atoms with Crippen LogP contribution in [-0.2, 0) is 13.0 Å². The molecule has 0 amide bonds. The van der Waals surface area contributed by atoms with E-state index in [1.807, 2.05) is 0 Å². The van der Waals surface area contributed by atoms with Gasteiger partial charge in [0.2, 0.25) is 0 Å². The Balaban J connectivity index is 0.00000169. The number of halogens is 1. The average Bonchev–Trinajstić information content (AvgIpc) is 2.54. The predicted octanol–water partition coefficient (Wildman–Crippen LogP) is 3.78. The molecule has 1 aromatic rings. The molecule has 0 N–H and O–H groups in total. The molecule has 14 heavy (non-hydrogen) atoms. The minimum absolute atomic E-state index is 0. The first-order chi connectivity index (χ1) is 6.36. The molecule has 0 fully saturated rings. The summed E-state index contributed by atoms with van der Waals surface area (Å²) >= 11 is 0. The molecular formula is C12H22FN. The van der Waals surface area contributed by atoms with E-state index in [0.29, 0.717) is 0 Å². The predicted molar refractivity (Wildman–Crippen MR) is 60.5 cm³/mol. The van der Waals surface area contributed by atoms with Gasteiger partial charge in [-0.05, 0) is 24.5 Å². The molecule has 0 aliphatic carbocycles. The van der Waals surface area contributed by atoms with Crippen molar-refractivity contribution in [3.63, 3.8) is 0 Å². The van der Waals surface area contributed by atoms with Gasteiger partial charge in [-0.3, -0.25) is 4.70 Å². The molecule has 0 aliphatic rings. The van der Waals surface area contributed by atoms with Gasteiger partial charge in [0.05, 0.1) is 0 Å². The molecule has 0 saturated carbocycles. The van der Waals surface area contributed by atoms with Gasteiger partial charge in [-0.2, -0.15) is 0 Å². The smallest absolute Gasteiger partial charge is 0.0219 e. The molecule has 82 valence electrons. The number of hydrogen-bond acceptors (Lipinski definition) is 0. The number of unbranched alkanes of at least 4 members (excludes halogenated alkanes) is 2. The van der Waals surface area contributed by atoms with Gasteiger partial charge in [-0.15, -0.1) is 0 Å². The van der Waals surface area contributed by atoms with Crippen LogP contribution in [0.25, 0.3) is 0 Å². The zero-order valence-corrected chi connectivity index (χ0v) is 9.33. The Labute approximate surface area is 86.5 Å². The van der Waals surface area contributed by atoms with Crippen LogP contribution >= 0.6 is 0 Å². The van der Waals surface area contributed by atoms with Gasteiger partial charge in [0.25, 0.3) is 0 Å². The molecule has 0 aliphatic heterocycles. The molecule has 0 unspecified atom stereocenters. The van der Waals surface area contributed by atoms with Crippen molar-refractivity contribution in [2.24, 2.45) is 0 Å². The summed E-state index contributed by atoms with van der Waals surface area (Å²) < 4.78 is 2.32. The summed E-state index contributed by atoms with van der Waals surface area (Å²) in [5, 5.41) is 0. The van der Waals surface area contributed by atoms with E-state index < -0.39 is 0 Å². The van der Waals surface area contributed by atoms with Gasteiger partial charge in [-0.25, -0.2) is 0 Å². The normalized spacial score (nSPS) is 9.86.